The normalized spacial score (nSPS) is 19.1. The Labute approximate surface area is 204 Å². The Morgan fingerprint density at radius 2 is 1.80 bits per heavy atom. The van der Waals surface area contributed by atoms with Gasteiger partial charge in [-0.15, -0.1) is 0 Å². The summed E-state index contributed by atoms with van der Waals surface area (Å²) in [4.78, 5) is 20.4. The molecule has 0 N–H and O–H groups in total. The molecule has 0 amide bonds. The van der Waals surface area contributed by atoms with Crippen molar-refractivity contribution in [2.75, 3.05) is 13.1 Å². The van der Waals surface area contributed by atoms with Crippen LogP contribution in [0, 0.1) is 17.2 Å². The minimum Gasteiger partial charge on any atom is -0.311 e. The van der Waals surface area contributed by atoms with E-state index in [2.05, 4.69) is 46.3 Å². The van der Waals surface area contributed by atoms with Gasteiger partial charge in [0.15, 0.2) is 0 Å². The smallest absolute Gasteiger partial charge is 0.258 e. The van der Waals surface area contributed by atoms with Crippen molar-refractivity contribution in [2.24, 2.45) is 5.92 Å². The summed E-state index contributed by atoms with van der Waals surface area (Å²) < 4.78 is 1.99. The Morgan fingerprint density at radius 1 is 0.914 bits per heavy atom. The average molecular weight is 459 g/mol. The number of pyridine rings is 2. The number of fused-ring (bicyclic) bond motifs is 4. The van der Waals surface area contributed by atoms with Crippen molar-refractivity contribution in [3.63, 3.8) is 0 Å². The number of hydrogen-bond acceptors (Lipinski definition) is 4. The Morgan fingerprint density at radius 3 is 2.60 bits per heavy atom. The van der Waals surface area contributed by atoms with E-state index in [4.69, 9.17) is 0 Å². The summed E-state index contributed by atoms with van der Waals surface area (Å²) in [5, 5.41) is 9.23. The monoisotopic (exact) mass is 458 g/mol. The molecule has 5 nitrogen and oxygen atoms in total. The van der Waals surface area contributed by atoms with E-state index >= 15 is 0 Å². The number of nitrogens with zero attached hydrogens (tertiary/aromatic N) is 4. The number of hydrogen-bond donors (Lipinski definition) is 0. The van der Waals surface area contributed by atoms with Crippen molar-refractivity contribution in [3.8, 4) is 28.5 Å². The Bertz CT molecular complexity index is 1470. The highest BCUT2D eigenvalue weighted by molar-refractivity contribution is 5.64. The molecule has 2 atom stereocenters. The first-order chi connectivity index (χ1) is 17.2. The van der Waals surface area contributed by atoms with Crippen LogP contribution in [0.2, 0.25) is 0 Å². The molecule has 172 valence electrons. The third-order valence-electron chi connectivity index (χ3n) is 7.30. The molecule has 2 aromatic heterocycles. The van der Waals surface area contributed by atoms with Crippen molar-refractivity contribution in [1.29, 1.82) is 5.26 Å². The standard InChI is InChI=1S/C30H26N4O/c31-16-22-4-3-5-25(14-22)27-11-12-29-26-15-23(19-34(29)30(27)35)18-33(20-26)17-21-7-9-24(10-8-21)28-6-1-2-13-32-28/h1-14,23,26H,15,17-20H2. The summed E-state index contributed by atoms with van der Waals surface area (Å²) in [5.41, 5.74) is 6.69. The molecule has 0 aliphatic carbocycles. The Hall–Kier alpha value is -4.01. The minimum absolute atomic E-state index is 0.0610. The fourth-order valence-electron chi connectivity index (χ4n) is 5.72. The Kier molecular flexibility index (Phi) is 5.52. The predicted molar refractivity (Wildman–Crippen MR) is 137 cm³/mol. The third-order valence-corrected chi connectivity index (χ3v) is 7.30. The van der Waals surface area contributed by atoms with Crippen molar-refractivity contribution < 1.29 is 0 Å². The first kappa shape index (κ1) is 21.5. The van der Waals surface area contributed by atoms with E-state index in [-0.39, 0.29) is 5.56 Å². The molecule has 2 aliphatic heterocycles. The van der Waals surface area contributed by atoms with Crippen LogP contribution in [0.1, 0.15) is 29.2 Å². The van der Waals surface area contributed by atoms with E-state index in [1.165, 1.54) is 5.56 Å². The van der Waals surface area contributed by atoms with Crippen LogP contribution in [0.4, 0.5) is 0 Å². The average Bonchev–Trinajstić information content (AvgIpc) is 2.90. The maximum absolute atomic E-state index is 13.4. The number of aromatic nitrogens is 2. The fourth-order valence-corrected chi connectivity index (χ4v) is 5.72. The maximum Gasteiger partial charge on any atom is 0.258 e. The van der Waals surface area contributed by atoms with Gasteiger partial charge in [-0.3, -0.25) is 14.7 Å². The van der Waals surface area contributed by atoms with Gasteiger partial charge in [0.05, 0.1) is 17.3 Å². The van der Waals surface area contributed by atoms with E-state index in [1.807, 2.05) is 47.2 Å². The summed E-state index contributed by atoms with van der Waals surface area (Å²) in [6.07, 6.45) is 2.96. The van der Waals surface area contributed by atoms with Crippen LogP contribution < -0.4 is 5.56 Å². The molecule has 2 bridgehead atoms. The molecule has 2 unspecified atom stereocenters. The summed E-state index contributed by atoms with van der Waals surface area (Å²) in [6, 6.07) is 28.3. The van der Waals surface area contributed by atoms with Gasteiger partial charge < -0.3 is 4.57 Å². The topological polar surface area (TPSA) is 61.9 Å². The van der Waals surface area contributed by atoms with Gasteiger partial charge in [0.1, 0.15) is 0 Å². The van der Waals surface area contributed by atoms with Crippen LogP contribution in [0.25, 0.3) is 22.4 Å². The molecule has 0 spiro atoms. The van der Waals surface area contributed by atoms with Gasteiger partial charge >= 0.3 is 0 Å². The highest BCUT2D eigenvalue weighted by Crippen LogP contribution is 2.36. The van der Waals surface area contributed by atoms with Gasteiger partial charge in [-0.25, -0.2) is 0 Å². The molecular weight excluding hydrogens is 432 g/mol. The molecule has 35 heavy (non-hydrogen) atoms. The quantitative estimate of drug-likeness (QED) is 0.428. The van der Waals surface area contributed by atoms with Crippen molar-refractivity contribution in [1.82, 2.24) is 14.5 Å². The molecule has 4 aromatic rings. The van der Waals surface area contributed by atoms with Gasteiger partial charge in [0.2, 0.25) is 0 Å². The third kappa shape index (κ3) is 4.18. The van der Waals surface area contributed by atoms with E-state index in [9.17, 15) is 10.1 Å². The molecule has 6 rings (SSSR count). The van der Waals surface area contributed by atoms with Gasteiger partial charge in [0, 0.05) is 55.1 Å². The maximum atomic E-state index is 13.4. The second kappa shape index (κ2) is 8.98. The largest absolute Gasteiger partial charge is 0.311 e. The number of nitriles is 1. The molecule has 0 saturated carbocycles. The zero-order valence-electron chi connectivity index (χ0n) is 19.5. The summed E-state index contributed by atoms with van der Waals surface area (Å²) in [5.74, 6) is 0.829. The van der Waals surface area contributed by atoms with Gasteiger partial charge in [-0.05, 0) is 59.9 Å². The van der Waals surface area contributed by atoms with Crippen LogP contribution in [0.3, 0.4) is 0 Å². The number of benzene rings is 2. The zero-order chi connectivity index (χ0) is 23.8. The van der Waals surface area contributed by atoms with E-state index in [1.54, 1.807) is 12.1 Å². The second-order valence-electron chi connectivity index (χ2n) is 9.68. The van der Waals surface area contributed by atoms with E-state index in [0.29, 0.717) is 23.0 Å². The number of likely N-dealkylation sites (tertiary alicyclic amines) is 1. The molecule has 2 aromatic carbocycles. The molecule has 4 heterocycles. The summed E-state index contributed by atoms with van der Waals surface area (Å²) >= 11 is 0. The highest BCUT2D eigenvalue weighted by Gasteiger charge is 2.35. The summed E-state index contributed by atoms with van der Waals surface area (Å²) in [7, 11) is 0. The van der Waals surface area contributed by atoms with Gasteiger partial charge in [-0.1, -0.05) is 42.5 Å². The SMILES string of the molecule is N#Cc1cccc(-c2ccc3n(c2=O)CC2CC3CN(Cc3ccc(-c4ccccn4)cc3)C2)c1. The Balaban J connectivity index is 1.21. The lowest BCUT2D eigenvalue weighted by molar-refractivity contribution is 0.114. The van der Waals surface area contributed by atoms with Crippen molar-refractivity contribution in [3.05, 3.63) is 112 Å². The predicted octanol–water partition coefficient (Wildman–Crippen LogP) is 5.07. The van der Waals surface area contributed by atoms with Crippen LogP contribution in [0.15, 0.2) is 89.9 Å². The van der Waals surface area contributed by atoms with Crippen LogP contribution in [0.5, 0.6) is 0 Å². The van der Waals surface area contributed by atoms with Crippen LogP contribution >= 0.6 is 0 Å². The molecule has 1 saturated heterocycles. The lowest BCUT2D eigenvalue weighted by Gasteiger charge is -2.43. The molecule has 5 heteroatoms. The van der Waals surface area contributed by atoms with Crippen LogP contribution in [-0.4, -0.2) is 27.5 Å². The zero-order valence-corrected chi connectivity index (χ0v) is 19.5. The second-order valence-corrected chi connectivity index (χ2v) is 9.68. The lowest BCUT2D eigenvalue weighted by atomic mass is 9.82. The molecule has 1 fully saturated rings. The van der Waals surface area contributed by atoms with Gasteiger partial charge in [0.25, 0.3) is 5.56 Å². The van der Waals surface area contributed by atoms with E-state index < -0.39 is 0 Å². The van der Waals surface area contributed by atoms with E-state index in [0.717, 1.165) is 55.1 Å². The van der Waals surface area contributed by atoms with Gasteiger partial charge in [-0.2, -0.15) is 5.26 Å². The fraction of sp³-hybridized carbons (Fsp3) is 0.233. The number of rotatable bonds is 4. The molecule has 0 radical (unpaired) electrons. The first-order valence-corrected chi connectivity index (χ1v) is 12.1. The number of piperidine rings is 1. The minimum atomic E-state index is 0.0610. The van der Waals surface area contributed by atoms with Crippen molar-refractivity contribution in [2.45, 2.75) is 25.4 Å². The highest BCUT2D eigenvalue weighted by atomic mass is 16.1. The van der Waals surface area contributed by atoms with Crippen molar-refractivity contribution >= 4 is 0 Å². The molecule has 2 aliphatic rings. The lowest BCUT2D eigenvalue weighted by Crippen LogP contribution is -2.46. The van der Waals surface area contributed by atoms with Crippen LogP contribution in [-0.2, 0) is 13.1 Å². The summed E-state index contributed by atoms with van der Waals surface area (Å²) in [6.45, 7) is 3.63. The first-order valence-electron chi connectivity index (χ1n) is 12.1. The molecular formula is C30H26N4O.